The summed E-state index contributed by atoms with van der Waals surface area (Å²) in [5, 5.41) is 4.96. The highest BCUT2D eigenvalue weighted by Crippen LogP contribution is 2.25. The minimum Gasteiger partial charge on any atom is -0.300 e. The van der Waals surface area contributed by atoms with Crippen molar-refractivity contribution in [1.29, 1.82) is 0 Å². The lowest BCUT2D eigenvalue weighted by molar-refractivity contribution is -0.116. The molecule has 122 valence electrons. The molecule has 0 saturated heterocycles. The maximum absolute atomic E-state index is 12.0. The molecule has 2 heterocycles. The first-order valence-electron chi connectivity index (χ1n) is 7.13. The van der Waals surface area contributed by atoms with Crippen molar-refractivity contribution in [3.8, 4) is 11.3 Å². The highest BCUT2D eigenvalue weighted by atomic mass is 32.1. The number of thiazole rings is 1. The van der Waals surface area contributed by atoms with Crippen molar-refractivity contribution in [2.75, 3.05) is 5.32 Å². The molecule has 2 aromatic heterocycles. The quantitative estimate of drug-likeness (QED) is 0.753. The second-order valence-electron chi connectivity index (χ2n) is 5.19. The third-order valence-electron chi connectivity index (χ3n) is 3.31. The van der Waals surface area contributed by atoms with Crippen LogP contribution in [0.25, 0.3) is 11.3 Å². The molecule has 0 spiro atoms. The molecule has 0 radical (unpaired) electrons. The predicted octanol–water partition coefficient (Wildman–Crippen LogP) is 1.61. The summed E-state index contributed by atoms with van der Waals surface area (Å²) in [6.07, 6.45) is 1.28. The van der Waals surface area contributed by atoms with E-state index in [9.17, 15) is 14.4 Å². The van der Waals surface area contributed by atoms with Gasteiger partial charge in [-0.2, -0.15) is 0 Å². The number of carbonyl (C=O) groups excluding carboxylic acids is 1. The summed E-state index contributed by atoms with van der Waals surface area (Å²) in [7, 11) is 0. The van der Waals surface area contributed by atoms with E-state index in [2.05, 4.69) is 15.3 Å². The molecule has 0 fully saturated rings. The van der Waals surface area contributed by atoms with Crippen molar-refractivity contribution in [3.05, 3.63) is 68.3 Å². The fraction of sp³-hybridized carbons (Fsp3) is 0.125. The third-order valence-corrected chi connectivity index (χ3v) is 4.07. The van der Waals surface area contributed by atoms with Crippen LogP contribution in [0.4, 0.5) is 5.13 Å². The summed E-state index contributed by atoms with van der Waals surface area (Å²) in [5.74, 6) is -0.394. The van der Waals surface area contributed by atoms with Gasteiger partial charge in [0.1, 0.15) is 6.54 Å². The maximum atomic E-state index is 12.0. The number of benzene rings is 1. The Morgan fingerprint density at radius 2 is 2.00 bits per heavy atom. The van der Waals surface area contributed by atoms with Gasteiger partial charge in [-0.25, -0.2) is 9.78 Å². The van der Waals surface area contributed by atoms with Crippen LogP contribution in [0, 0.1) is 6.92 Å². The van der Waals surface area contributed by atoms with Gasteiger partial charge in [-0.1, -0.05) is 29.8 Å². The molecule has 1 amide bonds. The van der Waals surface area contributed by atoms with Crippen molar-refractivity contribution < 1.29 is 4.79 Å². The number of H-pyrrole nitrogens is 1. The lowest BCUT2D eigenvalue weighted by Crippen LogP contribution is -2.32. The zero-order valence-electron chi connectivity index (χ0n) is 12.8. The van der Waals surface area contributed by atoms with Crippen LogP contribution in [0.5, 0.6) is 0 Å². The first-order chi connectivity index (χ1) is 11.5. The van der Waals surface area contributed by atoms with E-state index in [1.54, 1.807) is 0 Å². The van der Waals surface area contributed by atoms with Crippen LogP contribution >= 0.6 is 11.3 Å². The number of aromatic amines is 1. The van der Waals surface area contributed by atoms with Gasteiger partial charge in [0.05, 0.1) is 5.69 Å². The lowest BCUT2D eigenvalue weighted by Gasteiger charge is -2.04. The average molecular weight is 342 g/mol. The van der Waals surface area contributed by atoms with E-state index in [1.165, 1.54) is 23.6 Å². The summed E-state index contributed by atoms with van der Waals surface area (Å²) in [6.45, 7) is 1.81. The Morgan fingerprint density at radius 1 is 1.25 bits per heavy atom. The van der Waals surface area contributed by atoms with Gasteiger partial charge in [-0.15, -0.1) is 11.3 Å². The van der Waals surface area contributed by atoms with Gasteiger partial charge < -0.3 is 5.32 Å². The topological polar surface area (TPSA) is 96.9 Å². The first-order valence-corrected chi connectivity index (χ1v) is 8.01. The zero-order valence-corrected chi connectivity index (χ0v) is 13.6. The second-order valence-corrected chi connectivity index (χ2v) is 6.05. The first kappa shape index (κ1) is 15.9. The van der Waals surface area contributed by atoms with Crippen molar-refractivity contribution in [1.82, 2.24) is 14.5 Å². The highest BCUT2D eigenvalue weighted by molar-refractivity contribution is 7.14. The molecule has 0 aliphatic rings. The molecule has 7 nitrogen and oxygen atoms in total. The fourth-order valence-corrected chi connectivity index (χ4v) is 2.81. The summed E-state index contributed by atoms with van der Waals surface area (Å²) in [4.78, 5) is 41.0. The number of hydrogen-bond donors (Lipinski definition) is 2. The molecule has 0 atom stereocenters. The van der Waals surface area contributed by atoms with Crippen LogP contribution < -0.4 is 16.6 Å². The Balaban J connectivity index is 1.70. The average Bonchev–Trinajstić information content (AvgIpc) is 2.99. The van der Waals surface area contributed by atoms with Crippen molar-refractivity contribution in [2.24, 2.45) is 0 Å². The minimum absolute atomic E-state index is 0.199. The second kappa shape index (κ2) is 6.63. The Hall–Kier alpha value is -3.00. The van der Waals surface area contributed by atoms with Crippen LogP contribution in [0.2, 0.25) is 0 Å². The van der Waals surface area contributed by atoms with Crippen molar-refractivity contribution in [3.63, 3.8) is 0 Å². The number of rotatable bonds is 4. The van der Waals surface area contributed by atoms with Gasteiger partial charge in [0.2, 0.25) is 5.91 Å². The van der Waals surface area contributed by atoms with Crippen molar-refractivity contribution in [2.45, 2.75) is 13.5 Å². The molecule has 0 aliphatic heterocycles. The molecule has 2 N–H and O–H groups in total. The molecule has 8 heteroatoms. The van der Waals surface area contributed by atoms with Gasteiger partial charge in [-0.05, 0) is 6.92 Å². The van der Waals surface area contributed by atoms with E-state index in [0.29, 0.717) is 5.13 Å². The summed E-state index contributed by atoms with van der Waals surface area (Å²) < 4.78 is 1.12. The Kier molecular flexibility index (Phi) is 4.39. The van der Waals surface area contributed by atoms with E-state index in [-0.39, 0.29) is 6.54 Å². The minimum atomic E-state index is -0.628. The van der Waals surface area contributed by atoms with Crippen LogP contribution in [-0.4, -0.2) is 20.4 Å². The number of nitrogens with one attached hydrogen (secondary N) is 2. The Labute approximate surface area is 140 Å². The van der Waals surface area contributed by atoms with Crippen molar-refractivity contribution >= 4 is 22.4 Å². The lowest BCUT2D eigenvalue weighted by atomic mass is 10.1. The van der Waals surface area contributed by atoms with Crippen LogP contribution in [-0.2, 0) is 11.3 Å². The summed E-state index contributed by atoms with van der Waals surface area (Å²) >= 11 is 1.31. The van der Waals surface area contributed by atoms with Gasteiger partial charge in [0.15, 0.2) is 5.13 Å². The van der Waals surface area contributed by atoms with E-state index < -0.39 is 17.2 Å². The number of aryl methyl sites for hydroxylation is 1. The molecule has 3 rings (SSSR count). The van der Waals surface area contributed by atoms with Gasteiger partial charge >= 0.3 is 5.69 Å². The Morgan fingerprint density at radius 3 is 2.71 bits per heavy atom. The normalized spacial score (nSPS) is 10.5. The highest BCUT2D eigenvalue weighted by Gasteiger charge is 2.09. The number of anilines is 1. The third kappa shape index (κ3) is 3.66. The van der Waals surface area contributed by atoms with Gasteiger partial charge in [-0.3, -0.25) is 19.1 Å². The molecule has 24 heavy (non-hydrogen) atoms. The standard InChI is InChI=1S/C16H14N4O3S/c1-10-2-4-11(5-3-10)12-9-24-15(17-12)18-14(22)8-20-7-6-13(21)19-16(20)23/h2-7,9H,8H2,1H3,(H,17,18,22)(H,19,21,23). The van der Waals surface area contributed by atoms with E-state index in [1.807, 2.05) is 36.6 Å². The van der Waals surface area contributed by atoms with Crippen LogP contribution in [0.1, 0.15) is 5.56 Å². The van der Waals surface area contributed by atoms with Crippen LogP contribution in [0.15, 0.2) is 51.5 Å². The number of aromatic nitrogens is 3. The fourth-order valence-electron chi connectivity index (χ4n) is 2.07. The molecule has 0 bridgehead atoms. The number of amides is 1. The van der Waals surface area contributed by atoms with E-state index in [0.717, 1.165) is 21.4 Å². The molecule has 0 saturated carbocycles. The SMILES string of the molecule is Cc1ccc(-c2csc(NC(=O)Cn3ccc(=O)[nH]c3=O)n2)cc1. The van der Waals surface area contributed by atoms with E-state index in [4.69, 9.17) is 0 Å². The zero-order chi connectivity index (χ0) is 17.1. The maximum Gasteiger partial charge on any atom is 0.328 e. The molecule has 0 unspecified atom stereocenters. The summed E-state index contributed by atoms with van der Waals surface area (Å²) in [5.41, 5.74) is 1.77. The predicted molar refractivity (Wildman–Crippen MR) is 92.2 cm³/mol. The molecule has 3 aromatic rings. The molecule has 1 aromatic carbocycles. The van der Waals surface area contributed by atoms with Crippen LogP contribution in [0.3, 0.4) is 0 Å². The number of hydrogen-bond acceptors (Lipinski definition) is 5. The molecular weight excluding hydrogens is 328 g/mol. The molecule has 0 aliphatic carbocycles. The largest absolute Gasteiger partial charge is 0.328 e. The van der Waals surface area contributed by atoms with E-state index >= 15 is 0 Å². The monoisotopic (exact) mass is 342 g/mol. The Bertz CT molecular complexity index is 985. The smallest absolute Gasteiger partial charge is 0.300 e. The van der Waals surface area contributed by atoms with Gasteiger partial charge in [0, 0.05) is 23.2 Å². The number of carbonyl (C=O) groups is 1. The summed E-state index contributed by atoms with van der Waals surface area (Å²) in [6, 6.07) is 9.12. The molecular formula is C16H14N4O3S. The van der Waals surface area contributed by atoms with Gasteiger partial charge in [0.25, 0.3) is 5.56 Å². The number of nitrogens with zero attached hydrogens (tertiary/aromatic N) is 2.